The number of H-pyrrole nitrogens is 1. The van der Waals surface area contributed by atoms with Crippen LogP contribution in [0.4, 0.5) is 5.69 Å². The standard InChI is InChI=1S/C27H24N2O5/c28-22-24(27(32)33)29-23-20(10-6-11-21(23)26(22)31)25(30)18-12-14-19(15-13-18)34-16-5-4-9-17-7-2-1-3-8-17/h1-3,6-8,10-15H,4-5,9,16,28H2,(H,29,31)(H,32,33). The topological polar surface area (TPSA) is 122 Å². The summed E-state index contributed by atoms with van der Waals surface area (Å²) in [5.74, 6) is -1.07. The molecule has 0 amide bonds. The zero-order valence-corrected chi connectivity index (χ0v) is 18.4. The SMILES string of the molecule is Nc1c(C(=O)O)[nH]c2c(C(=O)c3ccc(OCCCCc4ccccc4)cc3)cccc2c1=O. The first-order valence-corrected chi connectivity index (χ1v) is 10.9. The van der Waals surface area contributed by atoms with Gasteiger partial charge in [0.1, 0.15) is 11.4 Å². The number of benzene rings is 3. The molecule has 4 rings (SSSR count). The van der Waals surface area contributed by atoms with Gasteiger partial charge in [0.05, 0.1) is 12.1 Å². The quantitative estimate of drug-likeness (QED) is 0.253. The second kappa shape index (κ2) is 10.0. The normalized spacial score (nSPS) is 10.8. The number of rotatable bonds is 9. The van der Waals surface area contributed by atoms with E-state index in [-0.39, 0.29) is 22.2 Å². The molecule has 0 radical (unpaired) electrons. The third-order valence-corrected chi connectivity index (χ3v) is 5.62. The molecule has 0 saturated heterocycles. The van der Waals surface area contributed by atoms with E-state index >= 15 is 0 Å². The van der Waals surface area contributed by atoms with Crippen molar-refractivity contribution in [3.8, 4) is 5.75 Å². The van der Waals surface area contributed by atoms with Crippen molar-refractivity contribution in [3.63, 3.8) is 0 Å². The van der Waals surface area contributed by atoms with Gasteiger partial charge in [-0.15, -0.1) is 0 Å². The van der Waals surface area contributed by atoms with Gasteiger partial charge in [-0.05, 0) is 61.2 Å². The molecule has 4 aromatic rings. The number of anilines is 1. The minimum atomic E-state index is -1.37. The van der Waals surface area contributed by atoms with Crippen LogP contribution in [-0.2, 0) is 6.42 Å². The molecule has 0 unspecified atom stereocenters. The number of para-hydroxylation sites is 1. The molecule has 0 atom stereocenters. The number of carbonyl (C=O) groups is 2. The van der Waals surface area contributed by atoms with Crippen LogP contribution in [0.15, 0.2) is 77.6 Å². The Kier molecular flexibility index (Phi) is 6.73. The Bertz CT molecular complexity index is 1390. The molecule has 1 heterocycles. The number of carboxylic acid groups (broad SMARTS) is 1. The number of hydrogen-bond acceptors (Lipinski definition) is 5. The average Bonchev–Trinajstić information content (AvgIpc) is 2.86. The van der Waals surface area contributed by atoms with Gasteiger partial charge in [-0.1, -0.05) is 36.4 Å². The number of pyridine rings is 1. The molecule has 0 aliphatic heterocycles. The number of unbranched alkanes of at least 4 members (excludes halogenated alkanes) is 1. The number of ether oxygens (including phenoxy) is 1. The van der Waals surface area contributed by atoms with Crippen molar-refractivity contribution in [2.75, 3.05) is 12.3 Å². The summed E-state index contributed by atoms with van der Waals surface area (Å²) in [5.41, 5.74) is 6.23. The minimum absolute atomic E-state index is 0.142. The molecule has 0 fully saturated rings. The fourth-order valence-corrected chi connectivity index (χ4v) is 3.81. The highest BCUT2D eigenvalue weighted by Gasteiger charge is 2.19. The summed E-state index contributed by atoms with van der Waals surface area (Å²) >= 11 is 0. The van der Waals surface area contributed by atoms with Crippen LogP contribution in [-0.4, -0.2) is 28.4 Å². The number of aryl methyl sites for hydroxylation is 1. The van der Waals surface area contributed by atoms with E-state index in [4.69, 9.17) is 10.5 Å². The second-order valence-electron chi connectivity index (χ2n) is 7.92. The molecular weight excluding hydrogens is 432 g/mol. The van der Waals surface area contributed by atoms with Crippen LogP contribution in [0.1, 0.15) is 44.8 Å². The summed E-state index contributed by atoms with van der Waals surface area (Å²) in [6.45, 7) is 0.573. The Morgan fingerprint density at radius 3 is 2.35 bits per heavy atom. The molecule has 0 saturated carbocycles. The Morgan fingerprint density at radius 1 is 0.912 bits per heavy atom. The van der Waals surface area contributed by atoms with E-state index in [2.05, 4.69) is 17.1 Å². The van der Waals surface area contributed by atoms with Gasteiger partial charge in [0.25, 0.3) is 0 Å². The maximum atomic E-state index is 13.1. The molecule has 4 N–H and O–H groups in total. The number of ketones is 1. The molecule has 0 aliphatic rings. The van der Waals surface area contributed by atoms with Gasteiger partial charge in [-0.25, -0.2) is 4.79 Å². The maximum Gasteiger partial charge on any atom is 0.354 e. The first-order valence-electron chi connectivity index (χ1n) is 10.9. The summed E-state index contributed by atoms with van der Waals surface area (Å²) in [6, 6.07) is 21.6. The zero-order valence-electron chi connectivity index (χ0n) is 18.4. The van der Waals surface area contributed by atoms with E-state index in [1.807, 2.05) is 18.2 Å². The predicted octanol–water partition coefficient (Wildman–Crippen LogP) is 4.44. The first-order chi connectivity index (χ1) is 16.5. The molecule has 172 valence electrons. The van der Waals surface area contributed by atoms with E-state index in [1.54, 1.807) is 36.4 Å². The molecule has 34 heavy (non-hydrogen) atoms. The van der Waals surface area contributed by atoms with Gasteiger partial charge in [-0.3, -0.25) is 9.59 Å². The Morgan fingerprint density at radius 2 is 1.65 bits per heavy atom. The largest absolute Gasteiger partial charge is 0.494 e. The fourth-order valence-electron chi connectivity index (χ4n) is 3.81. The molecule has 7 heteroatoms. The number of aromatic nitrogens is 1. The van der Waals surface area contributed by atoms with Crippen molar-refractivity contribution in [2.45, 2.75) is 19.3 Å². The van der Waals surface area contributed by atoms with Gasteiger partial charge in [0.15, 0.2) is 11.5 Å². The summed E-state index contributed by atoms with van der Waals surface area (Å²) in [7, 11) is 0. The molecule has 7 nitrogen and oxygen atoms in total. The molecule has 3 aromatic carbocycles. The lowest BCUT2D eigenvalue weighted by Gasteiger charge is -2.10. The Hall–Kier alpha value is -4.39. The van der Waals surface area contributed by atoms with Gasteiger partial charge in [-0.2, -0.15) is 0 Å². The lowest BCUT2D eigenvalue weighted by atomic mass is 9.99. The lowest BCUT2D eigenvalue weighted by Crippen LogP contribution is -2.18. The van der Waals surface area contributed by atoms with Crippen LogP contribution in [0.2, 0.25) is 0 Å². The molecule has 1 aromatic heterocycles. The molecule has 0 bridgehead atoms. The second-order valence-corrected chi connectivity index (χ2v) is 7.92. The molecule has 0 spiro atoms. The number of nitrogens with two attached hydrogens (primary N) is 1. The van der Waals surface area contributed by atoms with Crippen LogP contribution >= 0.6 is 0 Å². The molecule has 0 aliphatic carbocycles. The summed E-state index contributed by atoms with van der Waals surface area (Å²) in [6.07, 6.45) is 2.93. The predicted molar refractivity (Wildman–Crippen MR) is 131 cm³/mol. The van der Waals surface area contributed by atoms with E-state index in [1.165, 1.54) is 11.6 Å². The highest BCUT2D eigenvalue weighted by Crippen LogP contribution is 2.22. The Balaban J connectivity index is 1.45. The number of carboxylic acids is 1. The number of carbonyl (C=O) groups excluding carboxylic acids is 1. The van der Waals surface area contributed by atoms with E-state index < -0.39 is 22.8 Å². The van der Waals surface area contributed by atoms with Crippen LogP contribution in [0.3, 0.4) is 0 Å². The number of aromatic carboxylic acids is 1. The summed E-state index contributed by atoms with van der Waals surface area (Å²) < 4.78 is 5.79. The highest BCUT2D eigenvalue weighted by atomic mass is 16.5. The van der Waals surface area contributed by atoms with Crippen molar-refractivity contribution in [1.82, 2.24) is 4.98 Å². The van der Waals surface area contributed by atoms with Crippen LogP contribution in [0.5, 0.6) is 5.75 Å². The van der Waals surface area contributed by atoms with Crippen molar-refractivity contribution in [3.05, 3.63) is 105 Å². The van der Waals surface area contributed by atoms with Gasteiger partial charge >= 0.3 is 5.97 Å². The van der Waals surface area contributed by atoms with Crippen LogP contribution in [0, 0.1) is 0 Å². The van der Waals surface area contributed by atoms with E-state index in [9.17, 15) is 19.5 Å². The number of nitrogen functional groups attached to an aromatic ring is 1. The summed E-state index contributed by atoms with van der Waals surface area (Å²) in [5, 5.41) is 9.50. The third kappa shape index (κ3) is 4.83. The monoisotopic (exact) mass is 456 g/mol. The van der Waals surface area contributed by atoms with Crippen LogP contribution in [0.25, 0.3) is 10.9 Å². The fraction of sp³-hybridized carbons (Fsp3) is 0.148. The number of fused-ring (bicyclic) bond motifs is 1. The van der Waals surface area contributed by atoms with Crippen molar-refractivity contribution in [2.24, 2.45) is 0 Å². The Labute approximate surface area is 195 Å². The smallest absolute Gasteiger partial charge is 0.354 e. The van der Waals surface area contributed by atoms with Crippen LogP contribution < -0.4 is 15.9 Å². The van der Waals surface area contributed by atoms with Crippen molar-refractivity contribution < 1.29 is 19.4 Å². The van der Waals surface area contributed by atoms with Gasteiger partial charge in [0, 0.05) is 16.5 Å². The van der Waals surface area contributed by atoms with Gasteiger partial charge < -0.3 is 20.6 Å². The van der Waals surface area contributed by atoms with E-state index in [0.717, 1.165) is 19.3 Å². The number of nitrogens with one attached hydrogen (secondary N) is 1. The maximum absolute atomic E-state index is 13.1. The summed E-state index contributed by atoms with van der Waals surface area (Å²) in [4.78, 5) is 39.7. The van der Waals surface area contributed by atoms with Crippen molar-refractivity contribution >= 4 is 28.3 Å². The lowest BCUT2D eigenvalue weighted by molar-refractivity contribution is 0.0691. The van der Waals surface area contributed by atoms with E-state index in [0.29, 0.717) is 17.9 Å². The van der Waals surface area contributed by atoms with Crippen molar-refractivity contribution in [1.29, 1.82) is 0 Å². The third-order valence-electron chi connectivity index (χ3n) is 5.62. The first kappa shape index (κ1) is 22.8. The average molecular weight is 456 g/mol. The number of aromatic amines is 1. The minimum Gasteiger partial charge on any atom is -0.494 e. The zero-order chi connectivity index (χ0) is 24.1. The molecular formula is C27H24N2O5. The number of hydrogen-bond donors (Lipinski definition) is 3. The van der Waals surface area contributed by atoms with Gasteiger partial charge in [0.2, 0.25) is 5.43 Å². The highest BCUT2D eigenvalue weighted by molar-refractivity contribution is 6.16.